The highest BCUT2D eigenvalue weighted by molar-refractivity contribution is 8.00. The van der Waals surface area contributed by atoms with Crippen LogP contribution in [0.5, 0.6) is 0 Å². The Kier molecular flexibility index (Phi) is 6.93. The molecule has 28 heavy (non-hydrogen) atoms. The molecule has 3 aromatic rings. The molecule has 4 nitrogen and oxygen atoms in total. The largest absolute Gasteiger partial charge is 0.338 e. The average Bonchev–Trinajstić information content (AvgIpc) is 3.05. The first kappa shape index (κ1) is 20.2. The number of hydrogen-bond donors (Lipinski definition) is 1. The van der Waals surface area contributed by atoms with Gasteiger partial charge in [-0.25, -0.2) is 4.98 Å². The zero-order valence-electron chi connectivity index (χ0n) is 16.7. The summed E-state index contributed by atoms with van der Waals surface area (Å²) in [6.07, 6.45) is 0.793. The van der Waals surface area contributed by atoms with E-state index in [9.17, 15) is 4.79 Å². The van der Waals surface area contributed by atoms with Gasteiger partial charge in [-0.1, -0.05) is 72.4 Å². The summed E-state index contributed by atoms with van der Waals surface area (Å²) in [5.74, 6) is 0.134. The maximum absolute atomic E-state index is 12.9. The lowest BCUT2D eigenvalue weighted by atomic mass is 10.1. The maximum atomic E-state index is 12.9. The number of nitrogens with one attached hydrogen (secondary N) is 1. The van der Waals surface area contributed by atoms with Crippen LogP contribution in [0.15, 0.2) is 65.8 Å². The van der Waals surface area contributed by atoms with Gasteiger partial charge in [-0.3, -0.25) is 4.79 Å². The number of nitrogens with zero attached hydrogens (tertiary/aromatic N) is 2. The first-order valence-corrected chi connectivity index (χ1v) is 10.5. The zero-order valence-corrected chi connectivity index (χ0v) is 17.5. The Labute approximate surface area is 171 Å². The smallest absolute Gasteiger partial charge is 0.236 e. The molecule has 1 aromatic heterocycles. The normalized spacial score (nSPS) is 12.0. The summed E-state index contributed by atoms with van der Waals surface area (Å²) >= 11 is 1.49. The quantitative estimate of drug-likeness (QED) is 0.557. The Morgan fingerprint density at radius 2 is 1.68 bits per heavy atom. The van der Waals surface area contributed by atoms with E-state index in [-0.39, 0.29) is 11.2 Å². The Balaban J connectivity index is 1.64. The van der Waals surface area contributed by atoms with Gasteiger partial charge in [-0.2, -0.15) is 0 Å². The monoisotopic (exact) mass is 393 g/mol. The minimum atomic E-state index is -0.196. The molecular formula is C23H27N3OS. The van der Waals surface area contributed by atoms with Crippen molar-refractivity contribution in [3.8, 4) is 0 Å². The number of thioether (sulfide) groups is 1. The maximum Gasteiger partial charge on any atom is 0.236 e. The number of carbonyl (C=O) groups is 1. The molecule has 0 aliphatic rings. The van der Waals surface area contributed by atoms with E-state index in [1.807, 2.05) is 62.1 Å². The lowest BCUT2D eigenvalue weighted by molar-refractivity contribution is -0.130. The Morgan fingerprint density at radius 1 is 1.07 bits per heavy atom. The van der Waals surface area contributed by atoms with E-state index < -0.39 is 0 Å². The first-order chi connectivity index (χ1) is 13.6. The summed E-state index contributed by atoms with van der Waals surface area (Å²) in [5.41, 5.74) is 4.47. The molecule has 0 fully saturated rings. The van der Waals surface area contributed by atoms with Crippen molar-refractivity contribution in [1.82, 2.24) is 14.9 Å². The molecule has 1 N–H and O–H groups in total. The van der Waals surface area contributed by atoms with Gasteiger partial charge < -0.3 is 9.88 Å². The van der Waals surface area contributed by atoms with Gasteiger partial charge in [0.1, 0.15) is 0 Å². The SMILES string of the molecule is CCN(Cc1ccccc1)C(=O)C(C)Sc1nc(Cc2ccccc2)c(C)[nH]1. The number of aromatic nitrogens is 2. The molecule has 0 saturated carbocycles. The molecule has 5 heteroatoms. The summed E-state index contributed by atoms with van der Waals surface area (Å²) in [6, 6.07) is 20.4. The van der Waals surface area contributed by atoms with Crippen molar-refractivity contribution in [2.45, 2.75) is 44.1 Å². The van der Waals surface area contributed by atoms with Crippen LogP contribution < -0.4 is 0 Å². The predicted molar refractivity (Wildman–Crippen MR) is 115 cm³/mol. The summed E-state index contributed by atoms with van der Waals surface area (Å²) in [6.45, 7) is 7.34. The third kappa shape index (κ3) is 5.26. The summed E-state index contributed by atoms with van der Waals surface area (Å²) < 4.78 is 0. The Hall–Kier alpha value is -2.53. The Morgan fingerprint density at radius 3 is 2.29 bits per heavy atom. The topological polar surface area (TPSA) is 49.0 Å². The number of aryl methyl sites for hydroxylation is 1. The lowest BCUT2D eigenvalue weighted by Gasteiger charge is -2.24. The van der Waals surface area contributed by atoms with E-state index in [0.717, 1.165) is 28.5 Å². The molecule has 1 amide bonds. The first-order valence-electron chi connectivity index (χ1n) is 9.65. The molecule has 1 atom stereocenters. The number of carbonyl (C=O) groups excluding carboxylic acids is 1. The molecule has 0 aliphatic heterocycles. The molecule has 1 unspecified atom stereocenters. The van der Waals surface area contributed by atoms with E-state index in [1.165, 1.54) is 17.3 Å². The number of aromatic amines is 1. The number of hydrogen-bond acceptors (Lipinski definition) is 3. The van der Waals surface area contributed by atoms with Crippen molar-refractivity contribution in [1.29, 1.82) is 0 Å². The van der Waals surface area contributed by atoms with Gasteiger partial charge >= 0.3 is 0 Å². The highest BCUT2D eigenvalue weighted by Crippen LogP contribution is 2.24. The van der Waals surface area contributed by atoms with Crippen LogP contribution in [-0.4, -0.2) is 32.6 Å². The molecule has 0 bridgehead atoms. The van der Waals surface area contributed by atoms with Crippen LogP contribution in [0.2, 0.25) is 0 Å². The van der Waals surface area contributed by atoms with E-state index in [4.69, 9.17) is 4.98 Å². The van der Waals surface area contributed by atoms with Crippen LogP contribution in [0.25, 0.3) is 0 Å². The van der Waals surface area contributed by atoms with Gasteiger partial charge in [-0.15, -0.1) is 0 Å². The summed E-state index contributed by atoms with van der Waals surface area (Å²) in [4.78, 5) is 22.9. The molecule has 2 aromatic carbocycles. The van der Waals surface area contributed by atoms with E-state index >= 15 is 0 Å². The van der Waals surface area contributed by atoms with Gasteiger partial charge in [0.05, 0.1) is 10.9 Å². The van der Waals surface area contributed by atoms with Crippen molar-refractivity contribution in [2.75, 3.05) is 6.54 Å². The second kappa shape index (κ2) is 9.60. The molecule has 0 radical (unpaired) electrons. The van der Waals surface area contributed by atoms with Crippen LogP contribution in [-0.2, 0) is 17.8 Å². The molecule has 0 aliphatic carbocycles. The predicted octanol–water partition coefficient (Wildman–Crippen LogP) is 4.84. The van der Waals surface area contributed by atoms with Crippen LogP contribution in [0.4, 0.5) is 0 Å². The summed E-state index contributed by atoms with van der Waals surface area (Å²) in [5, 5.41) is 0.610. The molecule has 1 heterocycles. The van der Waals surface area contributed by atoms with Gasteiger partial charge in [-0.05, 0) is 31.9 Å². The minimum absolute atomic E-state index is 0.134. The third-order valence-electron chi connectivity index (χ3n) is 4.72. The fraction of sp³-hybridized carbons (Fsp3) is 0.304. The van der Waals surface area contributed by atoms with Crippen molar-refractivity contribution in [3.05, 3.63) is 83.2 Å². The molecular weight excluding hydrogens is 366 g/mol. The minimum Gasteiger partial charge on any atom is -0.338 e. The Bertz CT molecular complexity index is 893. The second-order valence-corrected chi connectivity index (χ2v) is 8.20. The fourth-order valence-corrected chi connectivity index (χ4v) is 4.07. The van der Waals surface area contributed by atoms with E-state index in [1.54, 1.807) is 0 Å². The highest BCUT2D eigenvalue weighted by Gasteiger charge is 2.22. The number of amides is 1. The second-order valence-electron chi connectivity index (χ2n) is 6.87. The number of rotatable bonds is 8. The zero-order chi connectivity index (χ0) is 19.9. The van der Waals surface area contributed by atoms with Gasteiger partial charge in [0.2, 0.25) is 5.91 Å². The van der Waals surface area contributed by atoms with Gasteiger partial charge in [0.25, 0.3) is 0 Å². The highest BCUT2D eigenvalue weighted by atomic mass is 32.2. The standard InChI is InChI=1S/C23H27N3OS/c1-4-26(16-20-13-9-6-10-14-20)22(27)18(3)28-23-24-17(2)21(25-23)15-19-11-7-5-8-12-19/h5-14,18H,4,15-16H2,1-3H3,(H,24,25). The molecule has 3 rings (SSSR count). The van der Waals surface area contributed by atoms with Crippen LogP contribution in [0.3, 0.4) is 0 Å². The van der Waals surface area contributed by atoms with Gasteiger partial charge in [0.15, 0.2) is 5.16 Å². The van der Waals surface area contributed by atoms with Crippen LogP contribution >= 0.6 is 11.8 Å². The molecule has 0 spiro atoms. The summed E-state index contributed by atoms with van der Waals surface area (Å²) in [7, 11) is 0. The lowest BCUT2D eigenvalue weighted by Crippen LogP contribution is -2.36. The number of imidazole rings is 1. The molecule has 0 saturated heterocycles. The number of benzene rings is 2. The third-order valence-corrected chi connectivity index (χ3v) is 5.70. The fourth-order valence-electron chi connectivity index (χ4n) is 3.11. The van der Waals surface area contributed by atoms with Crippen molar-refractivity contribution in [2.24, 2.45) is 0 Å². The van der Waals surface area contributed by atoms with Crippen molar-refractivity contribution in [3.63, 3.8) is 0 Å². The van der Waals surface area contributed by atoms with Gasteiger partial charge in [0, 0.05) is 25.2 Å². The van der Waals surface area contributed by atoms with Crippen LogP contribution in [0.1, 0.15) is 36.4 Å². The van der Waals surface area contributed by atoms with Crippen LogP contribution in [0, 0.1) is 6.92 Å². The van der Waals surface area contributed by atoms with E-state index in [0.29, 0.717) is 13.1 Å². The number of H-pyrrole nitrogens is 1. The van der Waals surface area contributed by atoms with Crippen molar-refractivity contribution < 1.29 is 4.79 Å². The van der Waals surface area contributed by atoms with Crippen molar-refractivity contribution >= 4 is 17.7 Å². The molecule has 146 valence electrons. The average molecular weight is 394 g/mol. The van der Waals surface area contributed by atoms with E-state index in [2.05, 4.69) is 29.2 Å².